The molecule has 0 saturated carbocycles. The van der Waals surface area contributed by atoms with Gasteiger partial charge in [-0.15, -0.1) is 11.3 Å². The molecule has 136 valence electrons. The fourth-order valence-electron chi connectivity index (χ4n) is 2.81. The van der Waals surface area contributed by atoms with Gasteiger partial charge >= 0.3 is 0 Å². The van der Waals surface area contributed by atoms with Crippen molar-refractivity contribution in [2.45, 2.75) is 13.3 Å². The zero-order valence-corrected chi connectivity index (χ0v) is 16.2. The monoisotopic (exact) mass is 396 g/mol. The molecule has 0 aliphatic carbocycles. The molecule has 0 bridgehead atoms. The number of hydrogen-bond donors (Lipinski definition) is 1. The molecule has 1 aliphatic heterocycles. The molecule has 6 heteroatoms. The normalized spacial score (nSPS) is 12.7. The van der Waals surface area contributed by atoms with Crippen LogP contribution in [0.3, 0.4) is 0 Å². The van der Waals surface area contributed by atoms with Gasteiger partial charge < -0.3 is 4.74 Å². The fraction of sp³-hybridized carbons (Fsp3) is 0.143. The Morgan fingerprint density at radius 1 is 1.26 bits per heavy atom. The number of thiazole rings is 1. The lowest BCUT2D eigenvalue weighted by atomic mass is 10.1. The number of amides is 1. The highest BCUT2D eigenvalue weighted by Gasteiger charge is 2.18. The lowest BCUT2D eigenvalue weighted by Crippen LogP contribution is -2.21. The highest BCUT2D eigenvalue weighted by molar-refractivity contribution is 7.15. The van der Waals surface area contributed by atoms with Crippen molar-refractivity contribution in [1.29, 1.82) is 0 Å². The number of carbonyl (C=O) groups is 1. The van der Waals surface area contributed by atoms with Gasteiger partial charge in [0.2, 0.25) is 0 Å². The summed E-state index contributed by atoms with van der Waals surface area (Å²) < 4.78 is 5.64. The molecule has 1 aliphatic rings. The topological polar surface area (TPSA) is 51.2 Å². The highest BCUT2D eigenvalue weighted by atomic mass is 35.5. The van der Waals surface area contributed by atoms with Crippen molar-refractivity contribution >= 4 is 40.1 Å². The Labute approximate surface area is 166 Å². The first-order valence-electron chi connectivity index (χ1n) is 8.51. The summed E-state index contributed by atoms with van der Waals surface area (Å²) in [6, 6.07) is 13.8. The van der Waals surface area contributed by atoms with Crippen LogP contribution in [0, 0.1) is 6.92 Å². The number of anilines is 1. The van der Waals surface area contributed by atoms with Crippen LogP contribution in [0.25, 0.3) is 6.08 Å². The lowest BCUT2D eigenvalue weighted by molar-refractivity contribution is -0.113. The van der Waals surface area contributed by atoms with Gasteiger partial charge in [0, 0.05) is 28.1 Å². The number of halogens is 1. The highest BCUT2D eigenvalue weighted by Crippen LogP contribution is 2.29. The average Bonchev–Trinajstić information content (AvgIpc) is 3.09. The molecule has 0 unspecified atom stereocenters. The molecular weight excluding hydrogens is 380 g/mol. The molecule has 27 heavy (non-hydrogen) atoms. The van der Waals surface area contributed by atoms with E-state index in [0.29, 0.717) is 15.7 Å². The SMILES string of the molecule is Cc1ccc(Cc2cnc(NC(=O)C3=Cc4cc(Cl)ccc4OC3)s2)cc1. The summed E-state index contributed by atoms with van der Waals surface area (Å²) in [5, 5.41) is 4.05. The van der Waals surface area contributed by atoms with E-state index in [1.54, 1.807) is 30.5 Å². The number of rotatable bonds is 4. The number of nitrogens with one attached hydrogen (secondary N) is 1. The molecule has 4 rings (SSSR count). The minimum Gasteiger partial charge on any atom is -0.488 e. The Morgan fingerprint density at radius 3 is 2.89 bits per heavy atom. The van der Waals surface area contributed by atoms with Crippen LogP contribution in [0.5, 0.6) is 5.75 Å². The van der Waals surface area contributed by atoms with E-state index < -0.39 is 0 Å². The van der Waals surface area contributed by atoms with E-state index in [1.807, 2.05) is 0 Å². The maximum Gasteiger partial charge on any atom is 0.256 e. The quantitative estimate of drug-likeness (QED) is 0.666. The molecule has 0 atom stereocenters. The second-order valence-electron chi connectivity index (χ2n) is 6.39. The predicted octanol–water partition coefficient (Wildman–Crippen LogP) is 5.11. The van der Waals surface area contributed by atoms with E-state index >= 15 is 0 Å². The molecule has 1 N–H and O–H groups in total. The molecule has 0 fully saturated rings. The van der Waals surface area contributed by atoms with Crippen molar-refractivity contribution in [3.05, 3.63) is 80.8 Å². The number of aryl methyl sites for hydroxylation is 1. The van der Waals surface area contributed by atoms with Gasteiger partial charge in [0.1, 0.15) is 12.4 Å². The zero-order chi connectivity index (χ0) is 18.8. The molecule has 2 aromatic carbocycles. The Kier molecular flexibility index (Phi) is 4.97. The summed E-state index contributed by atoms with van der Waals surface area (Å²) in [7, 11) is 0. The molecule has 4 nitrogen and oxygen atoms in total. The molecule has 2 heterocycles. The number of nitrogens with zero attached hydrogens (tertiary/aromatic N) is 1. The van der Waals surface area contributed by atoms with E-state index in [2.05, 4.69) is 41.5 Å². The largest absolute Gasteiger partial charge is 0.488 e. The number of hydrogen-bond acceptors (Lipinski definition) is 4. The zero-order valence-electron chi connectivity index (χ0n) is 14.7. The number of ether oxygens (including phenoxy) is 1. The van der Waals surface area contributed by atoms with Gasteiger partial charge in [-0.1, -0.05) is 41.4 Å². The first-order chi connectivity index (χ1) is 13.1. The van der Waals surface area contributed by atoms with Crippen molar-refractivity contribution in [3.63, 3.8) is 0 Å². The molecule has 1 amide bonds. The third kappa shape index (κ3) is 4.21. The van der Waals surface area contributed by atoms with Crippen LogP contribution in [0.2, 0.25) is 5.02 Å². The van der Waals surface area contributed by atoms with Crippen LogP contribution in [0.4, 0.5) is 5.13 Å². The van der Waals surface area contributed by atoms with Gasteiger partial charge in [-0.25, -0.2) is 4.98 Å². The minimum atomic E-state index is -0.211. The lowest BCUT2D eigenvalue weighted by Gasteiger charge is -2.17. The van der Waals surface area contributed by atoms with Gasteiger partial charge in [0.05, 0.1) is 5.57 Å². The third-order valence-corrected chi connectivity index (χ3v) is 5.40. The van der Waals surface area contributed by atoms with Crippen LogP contribution < -0.4 is 10.1 Å². The predicted molar refractivity (Wildman–Crippen MR) is 110 cm³/mol. The molecule has 1 aromatic heterocycles. The molecule has 3 aromatic rings. The smallest absolute Gasteiger partial charge is 0.256 e. The molecule has 0 radical (unpaired) electrons. The van der Waals surface area contributed by atoms with Crippen LogP contribution in [0.15, 0.2) is 54.2 Å². The van der Waals surface area contributed by atoms with Crippen LogP contribution in [-0.4, -0.2) is 17.5 Å². The van der Waals surface area contributed by atoms with Gasteiger partial charge in [-0.3, -0.25) is 10.1 Å². The minimum absolute atomic E-state index is 0.211. The summed E-state index contributed by atoms with van der Waals surface area (Å²) in [6.45, 7) is 2.29. The maximum atomic E-state index is 12.5. The van der Waals surface area contributed by atoms with E-state index in [0.717, 1.165) is 22.6 Å². The summed E-state index contributed by atoms with van der Waals surface area (Å²) in [5.74, 6) is 0.516. The fourth-order valence-corrected chi connectivity index (χ4v) is 3.83. The van der Waals surface area contributed by atoms with E-state index in [9.17, 15) is 4.79 Å². The standard InChI is InChI=1S/C21H17ClN2O2S/c1-13-2-4-14(5-3-13)8-18-11-23-21(27-18)24-20(25)16-9-15-10-17(22)6-7-19(15)26-12-16/h2-7,9-11H,8,12H2,1H3,(H,23,24,25). The summed E-state index contributed by atoms with van der Waals surface area (Å²) in [5.41, 5.74) is 3.80. The van der Waals surface area contributed by atoms with Crippen LogP contribution >= 0.6 is 22.9 Å². The van der Waals surface area contributed by atoms with Gasteiger partial charge in [0.25, 0.3) is 5.91 Å². The average molecular weight is 397 g/mol. The molecule has 0 spiro atoms. The summed E-state index contributed by atoms with van der Waals surface area (Å²) in [4.78, 5) is 18.0. The van der Waals surface area contributed by atoms with Gasteiger partial charge in [0.15, 0.2) is 5.13 Å². The Hall–Kier alpha value is -2.63. The van der Waals surface area contributed by atoms with Gasteiger partial charge in [-0.05, 0) is 36.8 Å². The Balaban J connectivity index is 1.44. The number of benzene rings is 2. The molecular formula is C21H17ClN2O2S. The van der Waals surface area contributed by atoms with E-state index in [1.165, 1.54) is 22.5 Å². The first kappa shape index (κ1) is 17.8. The van der Waals surface area contributed by atoms with Crippen LogP contribution in [0.1, 0.15) is 21.6 Å². The first-order valence-corrected chi connectivity index (χ1v) is 9.71. The van der Waals surface area contributed by atoms with E-state index in [4.69, 9.17) is 16.3 Å². The molecule has 0 saturated heterocycles. The second kappa shape index (κ2) is 7.55. The number of carbonyl (C=O) groups excluding carboxylic acids is 1. The summed E-state index contributed by atoms with van der Waals surface area (Å²) in [6.07, 6.45) is 4.41. The number of fused-ring (bicyclic) bond motifs is 1. The maximum absolute atomic E-state index is 12.5. The van der Waals surface area contributed by atoms with Crippen molar-refractivity contribution in [1.82, 2.24) is 4.98 Å². The van der Waals surface area contributed by atoms with Gasteiger partial charge in [-0.2, -0.15) is 0 Å². The van der Waals surface area contributed by atoms with E-state index in [-0.39, 0.29) is 12.5 Å². The number of aromatic nitrogens is 1. The van der Waals surface area contributed by atoms with Crippen molar-refractivity contribution in [2.24, 2.45) is 0 Å². The van der Waals surface area contributed by atoms with Crippen LogP contribution in [-0.2, 0) is 11.2 Å². The summed E-state index contributed by atoms with van der Waals surface area (Å²) >= 11 is 7.50. The van der Waals surface area contributed by atoms with Crippen molar-refractivity contribution < 1.29 is 9.53 Å². The Bertz CT molecular complexity index is 1020. The van der Waals surface area contributed by atoms with Crippen molar-refractivity contribution in [3.8, 4) is 5.75 Å². The Morgan fingerprint density at radius 2 is 2.07 bits per heavy atom. The third-order valence-electron chi connectivity index (χ3n) is 4.25. The van der Waals surface area contributed by atoms with Crippen molar-refractivity contribution in [2.75, 3.05) is 11.9 Å². The second-order valence-corrected chi connectivity index (χ2v) is 7.94.